The van der Waals surface area contributed by atoms with E-state index in [0.29, 0.717) is 9.26 Å². The molecule has 0 radical (unpaired) electrons. The summed E-state index contributed by atoms with van der Waals surface area (Å²) >= 11 is 1.91. The van der Waals surface area contributed by atoms with E-state index < -0.39 is 17.9 Å². The summed E-state index contributed by atoms with van der Waals surface area (Å²) in [6, 6.07) is 3.48. The number of carboxylic acids is 1. The molecular formula is C13H16FIN2O3. The number of amides is 2. The average molecular weight is 394 g/mol. The van der Waals surface area contributed by atoms with Gasteiger partial charge in [0.1, 0.15) is 5.82 Å². The molecule has 0 bridgehead atoms. The number of urea groups is 1. The van der Waals surface area contributed by atoms with Gasteiger partial charge in [-0.1, -0.05) is 13.8 Å². The Hall–Kier alpha value is -1.38. The predicted molar refractivity (Wildman–Crippen MR) is 82.1 cm³/mol. The summed E-state index contributed by atoms with van der Waals surface area (Å²) in [5, 5.41) is 14.1. The minimum atomic E-state index is -0.948. The third-order valence-electron chi connectivity index (χ3n) is 2.78. The van der Waals surface area contributed by atoms with E-state index in [0.717, 1.165) is 0 Å². The Morgan fingerprint density at radius 1 is 1.40 bits per heavy atom. The van der Waals surface area contributed by atoms with Crippen LogP contribution in [0, 0.1) is 21.2 Å². The Kier molecular flexibility index (Phi) is 6.18. The maximum atomic E-state index is 12.9. The molecule has 0 aliphatic heterocycles. The molecule has 0 aromatic heterocycles. The molecule has 3 N–H and O–H groups in total. The van der Waals surface area contributed by atoms with Crippen molar-refractivity contribution in [3.63, 3.8) is 0 Å². The second-order valence-corrected chi connectivity index (χ2v) is 5.81. The van der Waals surface area contributed by atoms with E-state index in [-0.39, 0.29) is 18.3 Å². The van der Waals surface area contributed by atoms with Crippen molar-refractivity contribution in [1.82, 2.24) is 5.32 Å². The molecule has 0 aliphatic rings. The number of benzene rings is 1. The maximum absolute atomic E-state index is 12.9. The molecule has 0 saturated carbocycles. The van der Waals surface area contributed by atoms with Crippen molar-refractivity contribution >= 4 is 40.3 Å². The van der Waals surface area contributed by atoms with Crippen molar-refractivity contribution in [3.05, 3.63) is 27.6 Å². The van der Waals surface area contributed by atoms with Gasteiger partial charge in [0, 0.05) is 10.1 Å². The molecule has 2 amide bonds. The molecule has 0 saturated heterocycles. The van der Waals surface area contributed by atoms with Crippen LogP contribution in [0.1, 0.15) is 13.8 Å². The molecule has 1 aromatic rings. The highest BCUT2D eigenvalue weighted by atomic mass is 127. The predicted octanol–water partition coefficient (Wildman–Crippen LogP) is 2.91. The van der Waals surface area contributed by atoms with Gasteiger partial charge in [-0.15, -0.1) is 0 Å². The van der Waals surface area contributed by atoms with Crippen LogP contribution in [0.25, 0.3) is 0 Å². The summed E-state index contributed by atoms with van der Waals surface area (Å²) in [5.41, 5.74) is 0.473. The zero-order chi connectivity index (χ0) is 15.3. The topological polar surface area (TPSA) is 78.4 Å². The third-order valence-corrected chi connectivity index (χ3v) is 3.68. The fourth-order valence-corrected chi connectivity index (χ4v) is 2.18. The molecule has 0 fully saturated rings. The van der Waals surface area contributed by atoms with Crippen LogP contribution in [0.15, 0.2) is 18.2 Å². The lowest BCUT2D eigenvalue weighted by Crippen LogP contribution is -2.37. The van der Waals surface area contributed by atoms with Crippen LogP contribution in [0.2, 0.25) is 0 Å². The molecule has 0 heterocycles. The number of rotatable bonds is 5. The van der Waals surface area contributed by atoms with Crippen LogP contribution in [0.3, 0.4) is 0 Å². The molecule has 1 unspecified atom stereocenters. The third kappa shape index (κ3) is 4.95. The maximum Gasteiger partial charge on any atom is 0.319 e. The highest BCUT2D eigenvalue weighted by Crippen LogP contribution is 2.18. The Morgan fingerprint density at radius 2 is 2.05 bits per heavy atom. The summed E-state index contributed by atoms with van der Waals surface area (Å²) in [6.07, 6.45) is 0. The molecule has 110 valence electrons. The number of hydrogen-bond acceptors (Lipinski definition) is 2. The van der Waals surface area contributed by atoms with Gasteiger partial charge in [-0.05, 0) is 46.7 Å². The molecule has 7 heteroatoms. The highest BCUT2D eigenvalue weighted by molar-refractivity contribution is 14.1. The number of carbonyl (C=O) groups excluding carboxylic acids is 1. The number of halogens is 2. The molecule has 1 aromatic carbocycles. The normalized spacial score (nSPS) is 12.1. The van der Waals surface area contributed by atoms with E-state index in [1.807, 2.05) is 22.6 Å². The van der Waals surface area contributed by atoms with Gasteiger partial charge in [-0.3, -0.25) is 4.79 Å². The van der Waals surface area contributed by atoms with E-state index in [1.165, 1.54) is 18.2 Å². The van der Waals surface area contributed by atoms with Crippen molar-refractivity contribution < 1.29 is 19.1 Å². The lowest BCUT2D eigenvalue weighted by Gasteiger charge is -2.17. The Morgan fingerprint density at radius 3 is 2.55 bits per heavy atom. The average Bonchev–Trinajstić information content (AvgIpc) is 2.32. The van der Waals surface area contributed by atoms with E-state index in [1.54, 1.807) is 13.8 Å². The molecule has 5 nitrogen and oxygen atoms in total. The highest BCUT2D eigenvalue weighted by Gasteiger charge is 2.22. The Balaban J connectivity index is 2.57. The van der Waals surface area contributed by atoms with Crippen LogP contribution in [0.4, 0.5) is 14.9 Å². The van der Waals surface area contributed by atoms with Gasteiger partial charge < -0.3 is 15.7 Å². The molecule has 20 heavy (non-hydrogen) atoms. The number of carboxylic acid groups (broad SMARTS) is 1. The first kappa shape index (κ1) is 16.7. The lowest BCUT2D eigenvalue weighted by atomic mass is 9.96. The van der Waals surface area contributed by atoms with Crippen molar-refractivity contribution in [2.24, 2.45) is 11.8 Å². The number of anilines is 1. The van der Waals surface area contributed by atoms with Crippen molar-refractivity contribution in [3.8, 4) is 0 Å². The first-order valence-electron chi connectivity index (χ1n) is 6.04. The van der Waals surface area contributed by atoms with Gasteiger partial charge in [0.25, 0.3) is 0 Å². The minimum Gasteiger partial charge on any atom is -0.481 e. The quantitative estimate of drug-likeness (QED) is 0.673. The first-order valence-corrected chi connectivity index (χ1v) is 7.12. The SMILES string of the molecule is CC(C)C(CNC(=O)Nc1ccc(F)cc1I)C(=O)O. The van der Waals surface area contributed by atoms with Crippen LogP contribution in [-0.4, -0.2) is 23.7 Å². The summed E-state index contributed by atoms with van der Waals surface area (Å²) in [4.78, 5) is 22.7. The molecule has 0 spiro atoms. The second-order valence-electron chi connectivity index (χ2n) is 4.65. The van der Waals surface area contributed by atoms with Gasteiger partial charge in [-0.2, -0.15) is 0 Å². The van der Waals surface area contributed by atoms with Crippen LogP contribution in [0.5, 0.6) is 0 Å². The smallest absolute Gasteiger partial charge is 0.319 e. The Labute approximate surface area is 130 Å². The van der Waals surface area contributed by atoms with Gasteiger partial charge in [0.05, 0.1) is 11.6 Å². The number of aliphatic carboxylic acids is 1. The second kappa shape index (κ2) is 7.41. The standard InChI is InChI=1S/C13H16FIN2O3/c1-7(2)9(12(18)19)6-16-13(20)17-11-4-3-8(14)5-10(11)15/h3-5,7,9H,6H2,1-2H3,(H,18,19)(H2,16,17,20). The fourth-order valence-electron chi connectivity index (χ4n) is 1.57. The van der Waals surface area contributed by atoms with Crippen LogP contribution in [-0.2, 0) is 4.79 Å². The molecular weight excluding hydrogens is 378 g/mol. The van der Waals surface area contributed by atoms with Crippen molar-refractivity contribution in [1.29, 1.82) is 0 Å². The van der Waals surface area contributed by atoms with Gasteiger partial charge >= 0.3 is 12.0 Å². The molecule has 0 aliphatic carbocycles. The van der Waals surface area contributed by atoms with E-state index >= 15 is 0 Å². The zero-order valence-corrected chi connectivity index (χ0v) is 13.3. The van der Waals surface area contributed by atoms with Gasteiger partial charge in [0.15, 0.2) is 0 Å². The lowest BCUT2D eigenvalue weighted by molar-refractivity contribution is -0.142. The summed E-state index contributed by atoms with van der Waals surface area (Å²) in [7, 11) is 0. The monoisotopic (exact) mass is 394 g/mol. The number of carbonyl (C=O) groups is 2. The number of nitrogens with one attached hydrogen (secondary N) is 2. The first-order chi connectivity index (χ1) is 9.31. The summed E-state index contributed by atoms with van der Waals surface area (Å²) in [5.74, 6) is -2.06. The Bertz CT molecular complexity index is 508. The molecule has 1 rings (SSSR count). The van der Waals surface area contributed by atoms with Crippen molar-refractivity contribution in [2.75, 3.05) is 11.9 Å². The molecule has 1 atom stereocenters. The van der Waals surface area contributed by atoms with Gasteiger partial charge in [-0.25, -0.2) is 9.18 Å². The summed E-state index contributed by atoms with van der Waals surface area (Å²) in [6.45, 7) is 3.60. The fraction of sp³-hybridized carbons (Fsp3) is 0.385. The zero-order valence-electron chi connectivity index (χ0n) is 11.1. The van der Waals surface area contributed by atoms with Gasteiger partial charge in [0.2, 0.25) is 0 Å². The number of hydrogen-bond donors (Lipinski definition) is 3. The van der Waals surface area contributed by atoms with Crippen LogP contribution >= 0.6 is 22.6 Å². The van der Waals surface area contributed by atoms with E-state index in [9.17, 15) is 14.0 Å². The minimum absolute atomic E-state index is 0.0383. The van der Waals surface area contributed by atoms with E-state index in [2.05, 4.69) is 10.6 Å². The van der Waals surface area contributed by atoms with E-state index in [4.69, 9.17) is 5.11 Å². The summed E-state index contributed by atoms with van der Waals surface area (Å²) < 4.78 is 13.5. The van der Waals surface area contributed by atoms with Crippen LogP contribution < -0.4 is 10.6 Å². The largest absolute Gasteiger partial charge is 0.481 e. The van der Waals surface area contributed by atoms with Crippen molar-refractivity contribution in [2.45, 2.75) is 13.8 Å².